The number of hydrogen-bond acceptors (Lipinski definition) is 2. The van der Waals surface area contributed by atoms with Crippen LogP contribution in [0.15, 0.2) is 303 Å². The van der Waals surface area contributed by atoms with E-state index in [1.165, 1.54) is 43.8 Å². The summed E-state index contributed by atoms with van der Waals surface area (Å²) in [6.45, 7) is 19.2. The molecule has 0 saturated heterocycles. The van der Waals surface area contributed by atoms with Gasteiger partial charge in [0.25, 0.3) is 0 Å². The van der Waals surface area contributed by atoms with Gasteiger partial charge in [-0.05, 0) is 142 Å². The molecule has 0 aliphatic heterocycles. The fraction of sp³-hybridized carbons (Fsp3) is 0.0435. The van der Waals surface area contributed by atoms with Gasteiger partial charge in [0.05, 0.1) is 5.69 Å². The first-order valence-electron chi connectivity index (χ1n) is 24.3. The zero-order chi connectivity index (χ0) is 49.1. The zero-order valence-electron chi connectivity index (χ0n) is 40.8. The molecule has 71 heavy (non-hydrogen) atoms. The number of nitrogens with zero attached hydrogens (tertiary/aromatic N) is 2. The third-order valence-electron chi connectivity index (χ3n) is 13.0. The molecule has 0 saturated carbocycles. The van der Waals surface area contributed by atoms with Gasteiger partial charge in [-0.1, -0.05) is 226 Å². The number of rotatable bonds is 16. The normalized spacial score (nSPS) is 12.2. The number of benzene rings is 9. The Morgan fingerprint density at radius 3 is 1.39 bits per heavy atom. The second kappa shape index (κ2) is 22.0. The molecule has 0 heterocycles. The molecule has 0 atom stereocenters. The SMILES string of the molecule is C=C\C=C(C(=C)N(c1ccccc1)c1ccc(-c2c(-c3ccccc3)c(-c3ccccc3)c(-c3ccc(N(/C(C=C)=C/C=C\C)c4cccc5ccccc45)cc3)c3ccccc23)cc1)/C(/C=C\C)=C\C. The lowest BCUT2D eigenvalue weighted by atomic mass is 9.79. The van der Waals surface area contributed by atoms with Gasteiger partial charge in [0.1, 0.15) is 0 Å². The third-order valence-corrected chi connectivity index (χ3v) is 13.0. The Morgan fingerprint density at radius 1 is 0.423 bits per heavy atom. The van der Waals surface area contributed by atoms with Crippen molar-refractivity contribution in [2.24, 2.45) is 0 Å². The number of para-hydroxylation sites is 1. The maximum atomic E-state index is 4.73. The van der Waals surface area contributed by atoms with E-state index in [2.05, 4.69) is 260 Å². The Bertz CT molecular complexity index is 3510. The van der Waals surface area contributed by atoms with Gasteiger partial charge in [-0.15, -0.1) is 0 Å². The molecule has 9 aromatic carbocycles. The van der Waals surface area contributed by atoms with Crippen LogP contribution in [0.2, 0.25) is 0 Å². The van der Waals surface area contributed by atoms with Gasteiger partial charge in [0.15, 0.2) is 0 Å². The molecule has 2 nitrogen and oxygen atoms in total. The lowest BCUT2D eigenvalue weighted by Gasteiger charge is -2.30. The highest BCUT2D eigenvalue weighted by molar-refractivity contribution is 6.18. The van der Waals surface area contributed by atoms with Gasteiger partial charge in [-0.2, -0.15) is 0 Å². The summed E-state index contributed by atoms with van der Waals surface area (Å²) in [6, 6.07) is 74.3. The fourth-order valence-electron chi connectivity index (χ4n) is 9.79. The molecular formula is C69H58N2. The average Bonchev–Trinajstić information content (AvgIpc) is 3.43. The van der Waals surface area contributed by atoms with Crippen LogP contribution in [0.25, 0.3) is 66.1 Å². The Morgan fingerprint density at radius 2 is 0.887 bits per heavy atom. The molecular weight excluding hydrogens is 857 g/mol. The summed E-state index contributed by atoms with van der Waals surface area (Å²) < 4.78 is 0. The van der Waals surface area contributed by atoms with Gasteiger partial charge in [-0.3, -0.25) is 0 Å². The summed E-state index contributed by atoms with van der Waals surface area (Å²) >= 11 is 0. The van der Waals surface area contributed by atoms with Gasteiger partial charge in [0, 0.05) is 39.4 Å². The summed E-state index contributed by atoms with van der Waals surface area (Å²) in [5.41, 5.74) is 17.3. The first-order valence-corrected chi connectivity index (χ1v) is 24.3. The molecule has 9 aromatic rings. The Hall–Kier alpha value is -8.98. The highest BCUT2D eigenvalue weighted by Gasteiger charge is 2.25. The molecule has 0 aliphatic rings. The average molecular weight is 915 g/mol. The lowest BCUT2D eigenvalue weighted by Crippen LogP contribution is -2.18. The number of fused-ring (bicyclic) bond motifs is 2. The van der Waals surface area contributed by atoms with E-state index in [4.69, 9.17) is 6.58 Å². The van der Waals surface area contributed by atoms with Crippen LogP contribution in [0, 0.1) is 0 Å². The van der Waals surface area contributed by atoms with Crippen molar-refractivity contribution in [1.29, 1.82) is 0 Å². The number of hydrogen-bond donors (Lipinski definition) is 0. The van der Waals surface area contributed by atoms with Crippen molar-refractivity contribution in [3.05, 3.63) is 303 Å². The highest BCUT2D eigenvalue weighted by Crippen LogP contribution is 2.51. The van der Waals surface area contributed by atoms with Crippen molar-refractivity contribution in [3.63, 3.8) is 0 Å². The van der Waals surface area contributed by atoms with Crippen LogP contribution in [0.3, 0.4) is 0 Å². The Labute approximate surface area is 420 Å². The second-order valence-corrected chi connectivity index (χ2v) is 17.2. The maximum absolute atomic E-state index is 4.73. The van der Waals surface area contributed by atoms with Crippen LogP contribution in [-0.2, 0) is 0 Å². The van der Waals surface area contributed by atoms with Crippen LogP contribution in [0.5, 0.6) is 0 Å². The summed E-state index contributed by atoms with van der Waals surface area (Å²) in [6.07, 6.45) is 18.4. The zero-order valence-corrected chi connectivity index (χ0v) is 40.8. The molecule has 0 amide bonds. The van der Waals surface area contributed by atoms with Crippen LogP contribution in [-0.4, -0.2) is 0 Å². The van der Waals surface area contributed by atoms with E-state index in [-0.39, 0.29) is 0 Å². The summed E-state index contributed by atoms with van der Waals surface area (Å²) in [7, 11) is 0. The van der Waals surface area contributed by atoms with Crippen molar-refractivity contribution >= 4 is 44.3 Å². The van der Waals surface area contributed by atoms with Gasteiger partial charge in [0.2, 0.25) is 0 Å². The quantitative estimate of drug-likeness (QED) is 0.0891. The van der Waals surface area contributed by atoms with Crippen molar-refractivity contribution in [2.45, 2.75) is 20.8 Å². The summed E-state index contributed by atoms with van der Waals surface area (Å²) in [4.78, 5) is 4.55. The smallest absolute Gasteiger partial charge is 0.0540 e. The minimum Gasteiger partial charge on any atom is -0.310 e. The van der Waals surface area contributed by atoms with E-state index < -0.39 is 0 Å². The van der Waals surface area contributed by atoms with E-state index in [1.54, 1.807) is 0 Å². The van der Waals surface area contributed by atoms with Gasteiger partial charge < -0.3 is 9.80 Å². The number of allylic oxidation sites excluding steroid dienone is 10. The number of anilines is 4. The van der Waals surface area contributed by atoms with Crippen LogP contribution in [0.4, 0.5) is 22.7 Å². The first kappa shape index (κ1) is 47.1. The van der Waals surface area contributed by atoms with E-state index >= 15 is 0 Å². The molecule has 0 unspecified atom stereocenters. The fourth-order valence-corrected chi connectivity index (χ4v) is 9.79. The summed E-state index contributed by atoms with van der Waals surface area (Å²) in [5.74, 6) is 0. The van der Waals surface area contributed by atoms with Crippen LogP contribution >= 0.6 is 0 Å². The molecule has 0 fully saturated rings. The Kier molecular flexibility index (Phi) is 14.6. The van der Waals surface area contributed by atoms with Crippen molar-refractivity contribution in [2.75, 3.05) is 9.80 Å². The molecule has 0 radical (unpaired) electrons. The highest BCUT2D eigenvalue weighted by atomic mass is 15.2. The standard InChI is InChI=1S/C69H58N2/c1-7-12-35-57(11-5)71(65-41-26-34-52-29-22-23-38-62(52)65)60-48-44-56(45-49-60)67-64-40-25-24-39-63(64)66(68(53-30-16-13-17-31-53)69(67)54-32-18-14-19-33-54)55-42-46-59(47-43-55)70(58-36-20-15-21-37-58)50(6)61(28-9-3)51(10-4)27-8-2/h7-49H,3,5-6H2,1-2,4H3/b12-7-,27-8-,51-10-,57-35+,61-28-. The first-order chi connectivity index (χ1) is 35.0. The minimum atomic E-state index is 0.849. The molecule has 0 aliphatic carbocycles. The molecule has 0 spiro atoms. The van der Waals surface area contributed by atoms with Crippen LogP contribution < -0.4 is 9.80 Å². The topological polar surface area (TPSA) is 6.48 Å². The van der Waals surface area contributed by atoms with Crippen LogP contribution in [0.1, 0.15) is 20.8 Å². The predicted octanol–water partition coefficient (Wildman–Crippen LogP) is 19.7. The molecule has 2 heteroatoms. The van der Waals surface area contributed by atoms with E-state index in [0.29, 0.717) is 0 Å². The summed E-state index contributed by atoms with van der Waals surface area (Å²) in [5, 5.41) is 4.69. The van der Waals surface area contributed by atoms with Gasteiger partial charge in [-0.25, -0.2) is 0 Å². The monoisotopic (exact) mass is 914 g/mol. The third kappa shape index (κ3) is 9.57. The molecule has 0 N–H and O–H groups in total. The minimum absolute atomic E-state index is 0.849. The predicted molar refractivity (Wildman–Crippen MR) is 309 cm³/mol. The second-order valence-electron chi connectivity index (χ2n) is 17.2. The largest absolute Gasteiger partial charge is 0.310 e. The Balaban J connectivity index is 1.27. The lowest BCUT2D eigenvalue weighted by molar-refractivity contribution is 1.18. The van der Waals surface area contributed by atoms with Gasteiger partial charge >= 0.3 is 0 Å². The van der Waals surface area contributed by atoms with E-state index in [1.807, 2.05) is 44.2 Å². The van der Waals surface area contributed by atoms with Crippen molar-refractivity contribution in [3.8, 4) is 44.5 Å². The van der Waals surface area contributed by atoms with Crippen molar-refractivity contribution < 1.29 is 0 Å². The molecule has 0 aromatic heterocycles. The maximum Gasteiger partial charge on any atom is 0.0540 e. The molecule has 0 bridgehead atoms. The van der Waals surface area contributed by atoms with E-state index in [0.717, 1.165) is 67.5 Å². The van der Waals surface area contributed by atoms with E-state index in [9.17, 15) is 0 Å². The van der Waals surface area contributed by atoms with Crippen molar-refractivity contribution in [1.82, 2.24) is 0 Å². The molecule has 344 valence electrons. The molecule has 9 rings (SSSR count).